The summed E-state index contributed by atoms with van der Waals surface area (Å²) in [6.45, 7) is 0. The lowest BCUT2D eigenvalue weighted by atomic mass is 10.0. The number of nitro groups is 1. The quantitative estimate of drug-likeness (QED) is 0.663. The van der Waals surface area contributed by atoms with Crippen LogP contribution in [0.4, 0.5) is 22.9 Å². The average molecular weight is 287 g/mol. The zero-order valence-corrected chi connectivity index (χ0v) is 11.3. The molecule has 2 aromatic rings. The maximum atomic E-state index is 11.4. The Labute approximate surface area is 119 Å². The Morgan fingerprint density at radius 2 is 2.24 bits per heavy atom. The molecule has 0 unspecified atom stereocenters. The number of anilines is 3. The highest BCUT2D eigenvalue weighted by Crippen LogP contribution is 2.35. The summed E-state index contributed by atoms with van der Waals surface area (Å²) >= 11 is 0. The van der Waals surface area contributed by atoms with Gasteiger partial charge in [0, 0.05) is 37.5 Å². The molecule has 2 N–H and O–H groups in total. The van der Waals surface area contributed by atoms with Crippen molar-refractivity contribution in [2.75, 3.05) is 10.6 Å². The third kappa shape index (κ3) is 2.55. The second-order valence-corrected chi connectivity index (χ2v) is 4.83. The van der Waals surface area contributed by atoms with E-state index in [9.17, 15) is 14.9 Å². The highest BCUT2D eigenvalue weighted by atomic mass is 16.6. The van der Waals surface area contributed by atoms with Gasteiger partial charge < -0.3 is 10.6 Å². The molecule has 0 spiro atoms. The third-order valence-electron chi connectivity index (χ3n) is 3.29. The van der Waals surface area contributed by atoms with Crippen LogP contribution in [0.15, 0.2) is 24.4 Å². The molecular formula is C13H13N5O3. The fourth-order valence-electron chi connectivity index (χ4n) is 2.29. The van der Waals surface area contributed by atoms with Gasteiger partial charge in [-0.1, -0.05) is 0 Å². The number of nitrogens with one attached hydrogen (secondary N) is 2. The molecule has 0 atom stereocenters. The normalized spacial score (nSPS) is 13.5. The van der Waals surface area contributed by atoms with Gasteiger partial charge in [-0.3, -0.25) is 19.6 Å². The number of carbonyl (C=O) groups excluding carboxylic acids is 1. The predicted octanol–water partition coefficient (Wildman–Crippen LogP) is 1.96. The molecule has 8 heteroatoms. The van der Waals surface area contributed by atoms with Gasteiger partial charge >= 0.3 is 0 Å². The molecule has 0 saturated carbocycles. The first kappa shape index (κ1) is 13.1. The van der Waals surface area contributed by atoms with E-state index in [0.29, 0.717) is 30.0 Å². The Bertz CT molecular complexity index is 737. The van der Waals surface area contributed by atoms with Crippen LogP contribution in [0.5, 0.6) is 0 Å². The molecule has 0 fully saturated rings. The van der Waals surface area contributed by atoms with E-state index in [1.807, 2.05) is 0 Å². The van der Waals surface area contributed by atoms with Crippen molar-refractivity contribution in [2.24, 2.45) is 7.05 Å². The molecule has 0 radical (unpaired) electrons. The minimum atomic E-state index is -0.442. The molecule has 0 bridgehead atoms. The Balaban J connectivity index is 2.02. The summed E-state index contributed by atoms with van der Waals surface area (Å²) in [5, 5.41) is 21.0. The standard InChI is InChI=1S/C13H13N5O3/c1-17-5-4-12(16-17)14-10-7-9-8(2-3-13(19)15-9)6-11(10)18(20)21/h4-7H,2-3H2,1H3,(H,14,16)(H,15,19). The first-order chi connectivity index (χ1) is 10.0. The minimum Gasteiger partial charge on any atom is -0.333 e. The Morgan fingerprint density at radius 1 is 1.43 bits per heavy atom. The monoisotopic (exact) mass is 287 g/mol. The first-order valence-electron chi connectivity index (χ1n) is 6.41. The average Bonchev–Trinajstić information content (AvgIpc) is 2.83. The summed E-state index contributed by atoms with van der Waals surface area (Å²) in [5.74, 6) is 0.419. The Hall–Kier alpha value is -2.90. The van der Waals surface area contributed by atoms with Crippen molar-refractivity contribution in [3.05, 3.63) is 40.1 Å². The summed E-state index contributed by atoms with van der Waals surface area (Å²) in [6.07, 6.45) is 2.58. The molecule has 1 aliphatic heterocycles. The number of benzene rings is 1. The fraction of sp³-hybridized carbons (Fsp3) is 0.231. The van der Waals surface area contributed by atoms with E-state index in [0.717, 1.165) is 5.56 Å². The number of carbonyl (C=O) groups is 1. The molecule has 108 valence electrons. The highest BCUT2D eigenvalue weighted by Gasteiger charge is 2.22. The summed E-state index contributed by atoms with van der Waals surface area (Å²) < 4.78 is 1.59. The van der Waals surface area contributed by atoms with Crippen molar-refractivity contribution in [2.45, 2.75) is 12.8 Å². The van der Waals surface area contributed by atoms with Crippen molar-refractivity contribution in [3.8, 4) is 0 Å². The van der Waals surface area contributed by atoms with Crippen LogP contribution in [0.3, 0.4) is 0 Å². The molecule has 2 heterocycles. The lowest BCUT2D eigenvalue weighted by Crippen LogP contribution is -2.19. The van der Waals surface area contributed by atoms with E-state index < -0.39 is 4.92 Å². The number of nitro benzene ring substituents is 1. The molecule has 1 aromatic carbocycles. The zero-order chi connectivity index (χ0) is 15.0. The van der Waals surface area contributed by atoms with Gasteiger partial charge in [0.1, 0.15) is 5.69 Å². The summed E-state index contributed by atoms with van der Waals surface area (Å²) in [5.41, 5.74) is 1.65. The SMILES string of the molecule is Cn1ccc(Nc2cc3c(cc2[N+](=O)[O-])CCC(=O)N3)n1. The summed E-state index contributed by atoms with van der Waals surface area (Å²) in [7, 11) is 1.76. The minimum absolute atomic E-state index is 0.0319. The van der Waals surface area contributed by atoms with Gasteiger partial charge in [0.05, 0.1) is 4.92 Å². The first-order valence-corrected chi connectivity index (χ1v) is 6.41. The van der Waals surface area contributed by atoms with Crippen molar-refractivity contribution in [1.29, 1.82) is 0 Å². The third-order valence-corrected chi connectivity index (χ3v) is 3.29. The van der Waals surface area contributed by atoms with Gasteiger partial charge in [-0.25, -0.2) is 0 Å². The number of aryl methyl sites for hydroxylation is 2. The van der Waals surface area contributed by atoms with Crippen LogP contribution in [0.2, 0.25) is 0 Å². The maximum Gasteiger partial charge on any atom is 0.293 e. The van der Waals surface area contributed by atoms with Crippen LogP contribution < -0.4 is 10.6 Å². The lowest BCUT2D eigenvalue weighted by Gasteiger charge is -2.18. The number of hydrogen-bond acceptors (Lipinski definition) is 5. The molecule has 1 amide bonds. The van der Waals surface area contributed by atoms with Crippen LogP contribution >= 0.6 is 0 Å². The van der Waals surface area contributed by atoms with Crippen molar-refractivity contribution in [3.63, 3.8) is 0 Å². The molecule has 1 aromatic heterocycles. The van der Waals surface area contributed by atoms with Gasteiger partial charge in [0.25, 0.3) is 5.69 Å². The molecule has 1 aliphatic rings. The van der Waals surface area contributed by atoms with E-state index in [2.05, 4.69) is 15.7 Å². The van der Waals surface area contributed by atoms with Crippen molar-refractivity contribution in [1.82, 2.24) is 9.78 Å². The molecule has 0 aliphatic carbocycles. The van der Waals surface area contributed by atoms with Crippen LogP contribution in [-0.2, 0) is 18.3 Å². The number of aromatic nitrogens is 2. The van der Waals surface area contributed by atoms with E-state index in [1.54, 1.807) is 30.1 Å². The molecule has 8 nitrogen and oxygen atoms in total. The highest BCUT2D eigenvalue weighted by molar-refractivity contribution is 5.95. The van der Waals surface area contributed by atoms with Crippen LogP contribution in [0.25, 0.3) is 0 Å². The summed E-state index contributed by atoms with van der Waals surface area (Å²) in [6, 6.07) is 4.79. The van der Waals surface area contributed by atoms with Crippen molar-refractivity contribution >= 4 is 28.8 Å². The van der Waals surface area contributed by atoms with E-state index in [1.165, 1.54) is 6.07 Å². The number of rotatable bonds is 3. The second kappa shape index (κ2) is 4.89. The van der Waals surface area contributed by atoms with E-state index >= 15 is 0 Å². The van der Waals surface area contributed by atoms with Gasteiger partial charge in [-0.15, -0.1) is 0 Å². The topological polar surface area (TPSA) is 102 Å². The lowest BCUT2D eigenvalue weighted by molar-refractivity contribution is -0.384. The van der Waals surface area contributed by atoms with Gasteiger partial charge in [-0.05, 0) is 18.1 Å². The number of hydrogen-bond donors (Lipinski definition) is 2. The second-order valence-electron chi connectivity index (χ2n) is 4.83. The maximum absolute atomic E-state index is 11.4. The Kier molecular flexibility index (Phi) is 3.05. The van der Waals surface area contributed by atoms with E-state index in [4.69, 9.17) is 0 Å². The fourth-order valence-corrected chi connectivity index (χ4v) is 2.29. The van der Waals surface area contributed by atoms with Crippen molar-refractivity contribution < 1.29 is 9.72 Å². The van der Waals surface area contributed by atoms with E-state index in [-0.39, 0.29) is 11.6 Å². The number of amides is 1. The van der Waals surface area contributed by atoms with Crippen LogP contribution in [0, 0.1) is 10.1 Å². The van der Waals surface area contributed by atoms with Gasteiger partial charge in [0.15, 0.2) is 5.82 Å². The zero-order valence-electron chi connectivity index (χ0n) is 11.3. The number of fused-ring (bicyclic) bond motifs is 1. The molecular weight excluding hydrogens is 274 g/mol. The molecule has 0 saturated heterocycles. The molecule has 21 heavy (non-hydrogen) atoms. The molecule has 3 rings (SSSR count). The smallest absolute Gasteiger partial charge is 0.293 e. The summed E-state index contributed by atoms with van der Waals surface area (Å²) in [4.78, 5) is 22.2. The van der Waals surface area contributed by atoms with Gasteiger partial charge in [-0.2, -0.15) is 5.10 Å². The van der Waals surface area contributed by atoms with Crippen LogP contribution in [-0.4, -0.2) is 20.6 Å². The largest absolute Gasteiger partial charge is 0.333 e. The number of nitrogens with zero attached hydrogens (tertiary/aromatic N) is 3. The van der Waals surface area contributed by atoms with Gasteiger partial charge in [0.2, 0.25) is 5.91 Å². The predicted molar refractivity (Wildman–Crippen MR) is 76.5 cm³/mol. The Morgan fingerprint density at radius 3 is 2.90 bits per heavy atom. The van der Waals surface area contributed by atoms with Crippen LogP contribution in [0.1, 0.15) is 12.0 Å².